The quantitative estimate of drug-likeness (QED) is 0.403. The van der Waals surface area contributed by atoms with Crippen molar-refractivity contribution in [3.63, 3.8) is 0 Å². The van der Waals surface area contributed by atoms with Gasteiger partial charge in [-0.15, -0.1) is 0 Å². The molecule has 4 rings (SSSR count). The van der Waals surface area contributed by atoms with Crippen LogP contribution in [0.25, 0.3) is 26.4 Å². The third-order valence-electron chi connectivity index (χ3n) is 4.18. The van der Waals surface area contributed by atoms with Gasteiger partial charge in [0.2, 0.25) is 0 Å². The highest BCUT2D eigenvalue weighted by Crippen LogP contribution is 2.54. The van der Waals surface area contributed by atoms with E-state index >= 15 is 0 Å². The number of benzene rings is 2. The first kappa shape index (κ1) is 13.5. The Morgan fingerprint density at radius 2 is 1.32 bits per heavy atom. The van der Waals surface area contributed by atoms with E-state index in [1.165, 1.54) is 37.6 Å². The van der Waals surface area contributed by atoms with Gasteiger partial charge in [-0.05, 0) is 55.8 Å². The molecular formula is C20H18NP. The molecule has 0 fully saturated rings. The van der Waals surface area contributed by atoms with Gasteiger partial charge in [0.1, 0.15) is 0 Å². The normalized spacial score (nSPS) is 11.4. The summed E-state index contributed by atoms with van der Waals surface area (Å²) in [6.07, 6.45) is 0. The van der Waals surface area contributed by atoms with Crippen molar-refractivity contribution in [1.82, 2.24) is 4.98 Å². The fraction of sp³-hybridized carbons (Fsp3) is 0.150. The number of pyridine rings is 1. The lowest BCUT2D eigenvalue weighted by atomic mass is 10.1. The maximum Gasteiger partial charge on any atom is 0.0870 e. The van der Waals surface area contributed by atoms with Crippen LogP contribution >= 0.6 is 7.53 Å². The molecular weight excluding hydrogens is 285 g/mol. The van der Waals surface area contributed by atoms with Crippen LogP contribution in [0.1, 0.15) is 16.8 Å². The minimum absolute atomic E-state index is 0.532. The Morgan fingerprint density at radius 1 is 0.727 bits per heavy atom. The minimum Gasteiger partial charge on any atom is -0.249 e. The summed E-state index contributed by atoms with van der Waals surface area (Å²) in [6.45, 7) is 6.42. The van der Waals surface area contributed by atoms with Crippen LogP contribution in [-0.2, 0) is 0 Å². The smallest absolute Gasteiger partial charge is 0.0870 e. The highest BCUT2D eigenvalue weighted by atomic mass is 31.1. The van der Waals surface area contributed by atoms with Crippen LogP contribution in [0.2, 0.25) is 0 Å². The SMILES string of the molecule is Cc1ccc2c3ccc(C)cc3p(-c3cccc(C)n3)c2c1. The third kappa shape index (κ3) is 2.05. The first-order valence-electron chi connectivity index (χ1n) is 7.59. The predicted molar refractivity (Wildman–Crippen MR) is 97.5 cm³/mol. The second-order valence-electron chi connectivity index (χ2n) is 6.01. The van der Waals surface area contributed by atoms with Crippen LogP contribution in [0.15, 0.2) is 54.6 Å². The van der Waals surface area contributed by atoms with Crippen LogP contribution in [-0.4, -0.2) is 4.98 Å². The van der Waals surface area contributed by atoms with Gasteiger partial charge >= 0.3 is 0 Å². The molecule has 0 saturated heterocycles. The molecule has 2 heteroatoms. The predicted octanol–water partition coefficient (Wildman–Crippen LogP) is 6.29. The fourth-order valence-corrected chi connectivity index (χ4v) is 5.92. The highest BCUT2D eigenvalue weighted by Gasteiger charge is 2.14. The summed E-state index contributed by atoms with van der Waals surface area (Å²) >= 11 is 0. The number of rotatable bonds is 1. The number of aromatic nitrogens is 1. The van der Waals surface area contributed by atoms with Gasteiger partial charge in [0.05, 0.1) is 5.44 Å². The summed E-state index contributed by atoms with van der Waals surface area (Å²) < 4.78 is 0. The molecule has 0 unspecified atom stereocenters. The largest absolute Gasteiger partial charge is 0.249 e. The lowest BCUT2D eigenvalue weighted by Crippen LogP contribution is -1.80. The number of fused-ring (bicyclic) bond motifs is 3. The van der Waals surface area contributed by atoms with E-state index in [-0.39, 0.29) is 0 Å². The molecule has 0 aliphatic heterocycles. The summed E-state index contributed by atoms with van der Waals surface area (Å²) in [4.78, 5) is 4.84. The monoisotopic (exact) mass is 303 g/mol. The second-order valence-corrected chi connectivity index (χ2v) is 8.11. The van der Waals surface area contributed by atoms with Crippen LogP contribution in [0.5, 0.6) is 0 Å². The topological polar surface area (TPSA) is 12.9 Å². The van der Waals surface area contributed by atoms with Crippen molar-refractivity contribution in [3.05, 3.63) is 71.4 Å². The van der Waals surface area contributed by atoms with Crippen molar-refractivity contribution in [2.45, 2.75) is 20.8 Å². The van der Waals surface area contributed by atoms with Gasteiger partial charge in [0.15, 0.2) is 0 Å². The Hall–Kier alpha value is -2.11. The first-order chi connectivity index (χ1) is 10.6. The molecule has 108 valence electrons. The Labute approximate surface area is 131 Å². The van der Waals surface area contributed by atoms with Crippen molar-refractivity contribution in [1.29, 1.82) is 0 Å². The van der Waals surface area contributed by atoms with E-state index in [0.717, 1.165) is 5.69 Å². The Morgan fingerprint density at radius 3 is 1.86 bits per heavy atom. The average molecular weight is 303 g/mol. The highest BCUT2D eigenvalue weighted by molar-refractivity contribution is 7.67. The average Bonchev–Trinajstić information content (AvgIpc) is 2.79. The molecule has 0 aliphatic rings. The van der Waals surface area contributed by atoms with Crippen molar-refractivity contribution in [2.75, 3.05) is 0 Å². The zero-order valence-corrected chi connectivity index (χ0v) is 14.0. The van der Waals surface area contributed by atoms with Crippen LogP contribution in [0.3, 0.4) is 0 Å². The van der Waals surface area contributed by atoms with Gasteiger partial charge in [0, 0.05) is 15.9 Å². The zero-order valence-electron chi connectivity index (χ0n) is 13.1. The van der Waals surface area contributed by atoms with Crippen LogP contribution < -0.4 is 0 Å². The first-order valence-corrected chi connectivity index (χ1v) is 8.93. The van der Waals surface area contributed by atoms with Crippen molar-refractivity contribution in [2.24, 2.45) is 0 Å². The summed E-state index contributed by atoms with van der Waals surface area (Å²) in [5, 5.41) is 5.67. The number of hydrogen-bond acceptors (Lipinski definition) is 1. The van der Waals surface area contributed by atoms with Gasteiger partial charge in [-0.2, -0.15) is 0 Å². The third-order valence-corrected chi connectivity index (χ3v) is 6.59. The molecule has 1 nitrogen and oxygen atoms in total. The molecule has 0 atom stereocenters. The van der Waals surface area contributed by atoms with E-state index in [1.54, 1.807) is 0 Å². The molecule has 0 amide bonds. The maximum absolute atomic E-state index is 4.84. The van der Waals surface area contributed by atoms with E-state index in [9.17, 15) is 0 Å². The number of aryl methyl sites for hydroxylation is 3. The van der Waals surface area contributed by atoms with Gasteiger partial charge in [-0.25, -0.2) is 4.98 Å². The van der Waals surface area contributed by atoms with Crippen molar-refractivity contribution < 1.29 is 0 Å². The Kier molecular flexibility index (Phi) is 3.06. The molecule has 22 heavy (non-hydrogen) atoms. The fourth-order valence-electron chi connectivity index (χ4n) is 3.14. The lowest BCUT2D eigenvalue weighted by Gasteiger charge is -2.04. The van der Waals surface area contributed by atoms with Gasteiger partial charge in [-0.3, -0.25) is 0 Å². The number of hydrogen-bond donors (Lipinski definition) is 0. The molecule has 0 radical (unpaired) electrons. The number of nitrogens with zero attached hydrogens (tertiary/aromatic N) is 1. The molecule has 0 saturated carbocycles. The van der Waals surface area contributed by atoms with Gasteiger partial charge in [-0.1, -0.05) is 49.0 Å². The van der Waals surface area contributed by atoms with E-state index < -0.39 is 7.53 Å². The van der Waals surface area contributed by atoms with E-state index in [4.69, 9.17) is 4.98 Å². The van der Waals surface area contributed by atoms with Crippen LogP contribution in [0, 0.1) is 20.8 Å². The van der Waals surface area contributed by atoms with Crippen molar-refractivity contribution in [3.8, 4) is 5.44 Å². The molecule has 2 heterocycles. The van der Waals surface area contributed by atoms with Gasteiger partial charge in [0.25, 0.3) is 0 Å². The molecule has 4 aromatic rings. The molecule has 0 bridgehead atoms. The maximum atomic E-state index is 4.84. The Bertz CT molecular complexity index is 952. The molecule has 2 aromatic heterocycles. The molecule has 2 aromatic carbocycles. The van der Waals surface area contributed by atoms with Gasteiger partial charge < -0.3 is 0 Å². The summed E-state index contributed by atoms with van der Waals surface area (Å²) in [5.74, 6) is 0. The lowest BCUT2D eigenvalue weighted by molar-refractivity contribution is 1.23. The van der Waals surface area contributed by atoms with E-state index in [1.807, 2.05) is 0 Å². The second kappa shape index (κ2) is 4.97. The molecule has 0 aliphatic carbocycles. The summed E-state index contributed by atoms with van der Waals surface area (Å²) in [6, 6.07) is 20.1. The molecule has 0 spiro atoms. The van der Waals surface area contributed by atoms with E-state index in [2.05, 4.69) is 75.4 Å². The summed E-state index contributed by atoms with van der Waals surface area (Å²) in [7, 11) is -0.532. The Balaban J connectivity index is 2.22. The minimum atomic E-state index is -0.532. The zero-order chi connectivity index (χ0) is 15.3. The summed E-state index contributed by atoms with van der Waals surface area (Å²) in [5.41, 5.74) is 4.95. The van der Waals surface area contributed by atoms with Crippen molar-refractivity contribution >= 4 is 28.5 Å². The standard InChI is InChI=1S/C20H18NP/c1-13-7-9-16-17-10-8-14(2)12-19(17)22(18(16)11-13)20-6-4-5-15(3)21-20/h4-12H,1-3H3. The molecule has 0 N–H and O–H groups in total. The van der Waals surface area contributed by atoms with Crippen LogP contribution in [0.4, 0.5) is 0 Å². The van der Waals surface area contributed by atoms with E-state index in [0.29, 0.717) is 0 Å².